The Bertz CT molecular complexity index is 700. The summed E-state index contributed by atoms with van der Waals surface area (Å²) in [6.45, 7) is -0.476. The number of esters is 1. The van der Waals surface area contributed by atoms with Crippen LogP contribution in [0.3, 0.4) is 0 Å². The van der Waals surface area contributed by atoms with Gasteiger partial charge >= 0.3 is 5.97 Å². The van der Waals surface area contributed by atoms with Crippen LogP contribution < -0.4 is 5.32 Å². The summed E-state index contributed by atoms with van der Waals surface area (Å²) >= 11 is 0. The van der Waals surface area contributed by atoms with Gasteiger partial charge in [-0.25, -0.2) is 4.79 Å². The molecule has 2 rings (SSSR count). The van der Waals surface area contributed by atoms with E-state index in [9.17, 15) is 19.7 Å². The lowest BCUT2D eigenvalue weighted by Crippen LogP contribution is -2.20. The number of hydrogen-bond donors (Lipinski definition) is 1. The van der Waals surface area contributed by atoms with Gasteiger partial charge < -0.3 is 10.1 Å². The molecule has 0 spiro atoms. The Morgan fingerprint density at radius 1 is 1.09 bits per heavy atom. The summed E-state index contributed by atoms with van der Waals surface area (Å²) in [6, 6.07) is 13.7. The van der Waals surface area contributed by atoms with E-state index in [-0.39, 0.29) is 11.4 Å². The van der Waals surface area contributed by atoms with Crippen molar-refractivity contribution in [2.75, 3.05) is 11.9 Å². The van der Waals surface area contributed by atoms with Gasteiger partial charge in [-0.1, -0.05) is 24.3 Å². The van der Waals surface area contributed by atoms with Crippen LogP contribution in [-0.2, 0) is 9.53 Å². The van der Waals surface area contributed by atoms with Gasteiger partial charge in [0.1, 0.15) is 0 Å². The lowest BCUT2D eigenvalue weighted by atomic mass is 10.2. The van der Waals surface area contributed by atoms with E-state index in [0.29, 0.717) is 5.56 Å². The number of rotatable bonds is 5. The van der Waals surface area contributed by atoms with Crippen molar-refractivity contribution in [3.63, 3.8) is 0 Å². The normalized spacial score (nSPS) is 9.82. The number of nitro groups is 1. The molecule has 2 aromatic rings. The van der Waals surface area contributed by atoms with Crippen LogP contribution in [0.5, 0.6) is 0 Å². The second-order valence-electron chi connectivity index (χ2n) is 4.30. The number of ether oxygens (including phenoxy) is 1. The molecule has 0 unspecified atom stereocenters. The van der Waals surface area contributed by atoms with Crippen LogP contribution in [0.4, 0.5) is 11.4 Å². The van der Waals surface area contributed by atoms with Crippen molar-refractivity contribution in [3.05, 3.63) is 70.3 Å². The molecule has 1 N–H and O–H groups in total. The number of carbonyl (C=O) groups excluding carboxylic acids is 2. The van der Waals surface area contributed by atoms with Crippen LogP contribution in [0.25, 0.3) is 0 Å². The van der Waals surface area contributed by atoms with E-state index in [1.807, 2.05) is 0 Å². The summed E-state index contributed by atoms with van der Waals surface area (Å²) < 4.78 is 4.85. The lowest BCUT2D eigenvalue weighted by Gasteiger charge is -2.06. The van der Waals surface area contributed by atoms with Crippen LogP contribution in [0, 0.1) is 10.1 Å². The van der Waals surface area contributed by atoms with Crippen LogP contribution in [-0.4, -0.2) is 23.4 Å². The highest BCUT2D eigenvalue weighted by atomic mass is 16.6. The first-order valence-electron chi connectivity index (χ1n) is 6.33. The summed E-state index contributed by atoms with van der Waals surface area (Å²) in [6.07, 6.45) is 0. The first-order valence-corrected chi connectivity index (χ1v) is 6.33. The predicted molar refractivity (Wildman–Crippen MR) is 78.5 cm³/mol. The fourth-order valence-electron chi connectivity index (χ4n) is 1.68. The molecule has 0 saturated heterocycles. The minimum Gasteiger partial charge on any atom is -0.452 e. The van der Waals surface area contributed by atoms with Crippen molar-refractivity contribution < 1.29 is 19.2 Å². The molecule has 22 heavy (non-hydrogen) atoms. The van der Waals surface area contributed by atoms with Gasteiger partial charge in [0.05, 0.1) is 10.5 Å². The molecule has 0 aromatic heterocycles. The molecule has 0 heterocycles. The van der Waals surface area contributed by atoms with Gasteiger partial charge in [-0.2, -0.15) is 0 Å². The molecule has 0 atom stereocenters. The van der Waals surface area contributed by atoms with Crippen molar-refractivity contribution in [1.29, 1.82) is 0 Å². The number of non-ortho nitro benzene ring substituents is 1. The Morgan fingerprint density at radius 3 is 2.50 bits per heavy atom. The van der Waals surface area contributed by atoms with E-state index in [1.54, 1.807) is 30.3 Å². The highest BCUT2D eigenvalue weighted by Crippen LogP contribution is 2.16. The van der Waals surface area contributed by atoms with Crippen LogP contribution in [0.1, 0.15) is 10.4 Å². The van der Waals surface area contributed by atoms with Gasteiger partial charge in [0.25, 0.3) is 11.6 Å². The summed E-state index contributed by atoms with van der Waals surface area (Å²) in [5.41, 5.74) is 0.458. The molecule has 112 valence electrons. The van der Waals surface area contributed by atoms with E-state index >= 15 is 0 Å². The zero-order valence-corrected chi connectivity index (χ0v) is 11.4. The van der Waals surface area contributed by atoms with Crippen LogP contribution in [0.15, 0.2) is 54.6 Å². The minimum atomic E-state index is -0.616. The number of benzene rings is 2. The summed E-state index contributed by atoms with van der Waals surface area (Å²) in [5, 5.41) is 13.1. The topological polar surface area (TPSA) is 98.5 Å². The SMILES string of the molecule is O=C(COC(=O)c1ccccc1)Nc1cccc([N+](=O)[O-])c1. The number of nitro benzene ring substituents is 1. The van der Waals surface area contributed by atoms with E-state index in [2.05, 4.69) is 5.32 Å². The predicted octanol–water partition coefficient (Wildman–Crippen LogP) is 2.39. The van der Waals surface area contributed by atoms with Gasteiger partial charge in [-0.05, 0) is 18.2 Å². The van der Waals surface area contributed by atoms with E-state index in [0.717, 1.165) is 0 Å². The van der Waals surface area contributed by atoms with Crippen molar-refractivity contribution in [1.82, 2.24) is 0 Å². The highest BCUT2D eigenvalue weighted by Gasteiger charge is 2.11. The number of nitrogens with zero attached hydrogens (tertiary/aromatic N) is 1. The Kier molecular flexibility index (Phi) is 4.81. The fourth-order valence-corrected chi connectivity index (χ4v) is 1.68. The third-order valence-corrected chi connectivity index (χ3v) is 2.68. The molecule has 7 nitrogen and oxygen atoms in total. The van der Waals surface area contributed by atoms with Gasteiger partial charge in [-0.3, -0.25) is 14.9 Å². The largest absolute Gasteiger partial charge is 0.452 e. The first-order chi connectivity index (χ1) is 10.6. The molecule has 0 radical (unpaired) electrons. The number of nitrogens with one attached hydrogen (secondary N) is 1. The van der Waals surface area contributed by atoms with E-state index < -0.39 is 23.4 Å². The van der Waals surface area contributed by atoms with Gasteiger partial charge in [0.15, 0.2) is 6.61 Å². The number of anilines is 1. The standard InChI is InChI=1S/C15H12N2O5/c18-14(10-22-15(19)11-5-2-1-3-6-11)16-12-7-4-8-13(9-12)17(20)21/h1-9H,10H2,(H,16,18). The van der Waals surface area contributed by atoms with E-state index in [4.69, 9.17) is 4.74 Å². The monoisotopic (exact) mass is 300 g/mol. The Morgan fingerprint density at radius 2 is 1.82 bits per heavy atom. The van der Waals surface area contributed by atoms with Gasteiger partial charge in [0, 0.05) is 17.8 Å². The molecule has 0 fully saturated rings. The Labute approximate surface area is 125 Å². The van der Waals surface area contributed by atoms with Gasteiger partial charge in [0.2, 0.25) is 0 Å². The smallest absolute Gasteiger partial charge is 0.338 e. The Hall–Kier alpha value is -3.22. The quantitative estimate of drug-likeness (QED) is 0.519. The van der Waals surface area contributed by atoms with Crippen molar-refractivity contribution in [3.8, 4) is 0 Å². The molecule has 0 aliphatic heterocycles. The zero-order chi connectivity index (χ0) is 15.9. The van der Waals surface area contributed by atoms with Crippen molar-refractivity contribution in [2.45, 2.75) is 0 Å². The minimum absolute atomic E-state index is 0.140. The Balaban J connectivity index is 1.89. The number of amides is 1. The molecular formula is C15H12N2O5. The third kappa shape index (κ3) is 4.14. The lowest BCUT2D eigenvalue weighted by molar-refractivity contribution is -0.384. The average Bonchev–Trinajstić information content (AvgIpc) is 2.53. The highest BCUT2D eigenvalue weighted by molar-refractivity contribution is 5.95. The maximum Gasteiger partial charge on any atom is 0.338 e. The first kappa shape index (κ1) is 15.2. The molecule has 7 heteroatoms. The number of hydrogen-bond acceptors (Lipinski definition) is 5. The average molecular weight is 300 g/mol. The van der Waals surface area contributed by atoms with Crippen molar-refractivity contribution >= 4 is 23.3 Å². The molecule has 1 amide bonds. The summed E-state index contributed by atoms with van der Waals surface area (Å²) in [4.78, 5) is 33.4. The fraction of sp³-hybridized carbons (Fsp3) is 0.0667. The van der Waals surface area contributed by atoms with Gasteiger partial charge in [-0.15, -0.1) is 0 Å². The third-order valence-electron chi connectivity index (χ3n) is 2.68. The molecular weight excluding hydrogens is 288 g/mol. The number of carbonyl (C=O) groups is 2. The molecule has 0 aliphatic rings. The maximum absolute atomic E-state index is 11.7. The van der Waals surface area contributed by atoms with Crippen molar-refractivity contribution in [2.24, 2.45) is 0 Å². The molecule has 2 aromatic carbocycles. The summed E-state index contributed by atoms with van der Waals surface area (Å²) in [5.74, 6) is -1.19. The zero-order valence-electron chi connectivity index (χ0n) is 11.4. The van der Waals surface area contributed by atoms with Crippen LogP contribution in [0.2, 0.25) is 0 Å². The van der Waals surface area contributed by atoms with Crippen LogP contribution >= 0.6 is 0 Å². The summed E-state index contributed by atoms with van der Waals surface area (Å²) in [7, 11) is 0. The molecule has 0 saturated carbocycles. The second kappa shape index (κ2) is 6.98. The molecule has 0 aliphatic carbocycles. The second-order valence-corrected chi connectivity index (χ2v) is 4.30. The molecule has 0 bridgehead atoms. The van der Waals surface area contributed by atoms with E-state index in [1.165, 1.54) is 24.3 Å². The maximum atomic E-state index is 11.7.